The van der Waals surface area contributed by atoms with Crippen LogP contribution in [0.5, 0.6) is 5.75 Å². The van der Waals surface area contributed by atoms with E-state index < -0.39 is 47.4 Å². The Morgan fingerprint density at radius 3 is 2.31 bits per heavy atom. The molecule has 0 saturated heterocycles. The van der Waals surface area contributed by atoms with Crippen molar-refractivity contribution in [2.45, 2.75) is 76.0 Å². The molecular formula is C31H34F3N5O6. The topological polar surface area (TPSA) is 178 Å². The lowest BCUT2D eigenvalue weighted by Gasteiger charge is -2.42. The van der Waals surface area contributed by atoms with Crippen molar-refractivity contribution in [1.82, 2.24) is 10.2 Å². The van der Waals surface area contributed by atoms with Gasteiger partial charge in [0.25, 0.3) is 0 Å². The highest BCUT2D eigenvalue weighted by Crippen LogP contribution is 2.52. The molecule has 5 rings (SSSR count). The first kappa shape index (κ1) is 33.3. The third kappa shape index (κ3) is 7.20. The second kappa shape index (κ2) is 12.0. The number of alkyl halides is 3. The van der Waals surface area contributed by atoms with Gasteiger partial charge in [0, 0.05) is 11.5 Å². The smallest absolute Gasteiger partial charge is 0.485 e. The number of benzene rings is 2. The Hall–Kier alpha value is -4.64. The van der Waals surface area contributed by atoms with Crippen LogP contribution in [-0.2, 0) is 14.4 Å². The molecular weight excluding hydrogens is 595 g/mol. The number of halogens is 3. The fourth-order valence-corrected chi connectivity index (χ4v) is 5.65. The van der Waals surface area contributed by atoms with Crippen LogP contribution in [0.3, 0.4) is 0 Å². The molecule has 0 radical (unpaired) electrons. The van der Waals surface area contributed by atoms with E-state index in [1.165, 1.54) is 4.90 Å². The molecule has 1 aliphatic carbocycles. The monoisotopic (exact) mass is 629 g/mol. The van der Waals surface area contributed by atoms with Crippen molar-refractivity contribution < 1.29 is 42.5 Å². The van der Waals surface area contributed by atoms with Gasteiger partial charge in [-0.3, -0.25) is 14.5 Å². The van der Waals surface area contributed by atoms with E-state index in [1.807, 2.05) is 38.1 Å². The van der Waals surface area contributed by atoms with Crippen molar-refractivity contribution in [3.05, 3.63) is 65.2 Å². The summed E-state index contributed by atoms with van der Waals surface area (Å²) < 4.78 is 37.7. The van der Waals surface area contributed by atoms with Crippen LogP contribution in [0, 0.1) is 23.2 Å². The maximum absolute atomic E-state index is 13.6. The van der Waals surface area contributed by atoms with E-state index in [2.05, 4.69) is 16.4 Å². The van der Waals surface area contributed by atoms with Gasteiger partial charge in [-0.1, -0.05) is 30.3 Å². The van der Waals surface area contributed by atoms with E-state index in [-0.39, 0.29) is 30.1 Å². The Balaban J connectivity index is 0.000000591. The van der Waals surface area contributed by atoms with E-state index in [0.29, 0.717) is 17.7 Å². The Kier molecular flexibility index (Phi) is 8.90. The van der Waals surface area contributed by atoms with E-state index in [1.54, 1.807) is 38.1 Å². The molecule has 0 aromatic heterocycles. The van der Waals surface area contributed by atoms with Gasteiger partial charge in [-0.15, -0.1) is 0 Å². The number of hydrogen-bond donors (Lipinski definition) is 4. The van der Waals surface area contributed by atoms with Gasteiger partial charge in [-0.05, 0) is 63.8 Å². The fraction of sp³-hybridized carbons (Fsp3) is 0.452. The van der Waals surface area contributed by atoms with E-state index >= 15 is 0 Å². The Labute approximate surface area is 257 Å². The summed E-state index contributed by atoms with van der Waals surface area (Å²) >= 11 is 0. The molecule has 2 aromatic rings. The first-order valence-electron chi connectivity index (χ1n) is 14.1. The van der Waals surface area contributed by atoms with Crippen molar-refractivity contribution >= 4 is 23.7 Å². The minimum Gasteiger partial charge on any atom is -0.485 e. The Morgan fingerprint density at radius 2 is 1.76 bits per heavy atom. The van der Waals surface area contributed by atoms with Crippen LogP contribution in [-0.4, -0.2) is 62.3 Å². The first-order valence-corrected chi connectivity index (χ1v) is 14.1. The van der Waals surface area contributed by atoms with E-state index in [4.69, 9.17) is 20.4 Å². The van der Waals surface area contributed by atoms with Gasteiger partial charge in [-0.2, -0.15) is 18.4 Å². The lowest BCUT2D eigenvalue weighted by molar-refractivity contribution is -0.192. The van der Waals surface area contributed by atoms with E-state index in [9.17, 15) is 33.1 Å². The van der Waals surface area contributed by atoms with Crippen LogP contribution >= 0.6 is 0 Å². The highest BCUT2D eigenvalue weighted by atomic mass is 19.4. The van der Waals surface area contributed by atoms with Crippen molar-refractivity contribution in [1.29, 1.82) is 5.26 Å². The normalized spacial score (nSPS) is 25.2. The molecule has 0 spiro atoms. The number of nitriles is 1. The summed E-state index contributed by atoms with van der Waals surface area (Å²) in [5, 5.41) is 30.5. The predicted molar refractivity (Wildman–Crippen MR) is 154 cm³/mol. The average molecular weight is 630 g/mol. The number of para-hydroxylation sites is 1. The summed E-state index contributed by atoms with van der Waals surface area (Å²) in [6, 6.07) is 15.3. The number of carbonyl (C=O) groups is 3. The third-order valence-corrected chi connectivity index (χ3v) is 7.95. The fourth-order valence-electron chi connectivity index (χ4n) is 5.65. The summed E-state index contributed by atoms with van der Waals surface area (Å²) in [5.74, 6) is -2.96. The number of fused-ring (bicyclic) bond motifs is 1. The lowest BCUT2D eigenvalue weighted by atomic mass is 9.86. The zero-order valence-electron chi connectivity index (χ0n) is 25.0. The van der Waals surface area contributed by atoms with Crippen LogP contribution in [0.15, 0.2) is 53.5 Å². The standard InChI is InChI=1S/C29H33N5O4.C2HF3O2/c1-28(2)14-22(35)34(27(31)33-28)24(17-11-9-16(15-30)10-12-17)19-13-20(19)26(37)32-23-18-7-5-6-8-21(18)38-29(3,4)25(23)36;3-2(4,5)1(6)7/h5-12,19-20,23-25,36H,13-14H2,1-4H3,(H2,31,33)(H,32,37);(H,6,7)/t19-,20-,23-,24?,25+;/m1./s1. The number of carboxylic acid groups (broad SMARTS) is 1. The molecule has 3 aliphatic rings. The number of guanidine groups is 1. The third-order valence-electron chi connectivity index (χ3n) is 7.95. The molecule has 5 N–H and O–H groups in total. The lowest BCUT2D eigenvalue weighted by Crippen LogP contribution is -2.54. The van der Waals surface area contributed by atoms with Crippen LogP contribution in [0.2, 0.25) is 0 Å². The van der Waals surface area contributed by atoms with Crippen molar-refractivity contribution in [3.8, 4) is 11.8 Å². The van der Waals surface area contributed by atoms with Gasteiger partial charge < -0.3 is 26.0 Å². The number of amides is 2. The number of carbonyl (C=O) groups excluding carboxylic acids is 2. The summed E-state index contributed by atoms with van der Waals surface area (Å²) in [7, 11) is 0. The number of aliphatic hydroxyl groups is 1. The Morgan fingerprint density at radius 1 is 1.16 bits per heavy atom. The largest absolute Gasteiger partial charge is 0.490 e. The molecule has 2 aromatic carbocycles. The maximum Gasteiger partial charge on any atom is 0.490 e. The number of aliphatic carboxylic acids is 1. The van der Waals surface area contributed by atoms with Crippen LogP contribution in [0.1, 0.15) is 69.3 Å². The molecule has 1 fully saturated rings. The minimum absolute atomic E-state index is 0.127. The summed E-state index contributed by atoms with van der Waals surface area (Å²) in [4.78, 5) is 41.8. The highest BCUT2D eigenvalue weighted by molar-refractivity contribution is 5.99. The quantitative estimate of drug-likeness (QED) is 0.388. The molecule has 14 heteroatoms. The van der Waals surface area contributed by atoms with Crippen LogP contribution in [0.25, 0.3) is 0 Å². The zero-order valence-corrected chi connectivity index (χ0v) is 25.0. The van der Waals surface area contributed by atoms with E-state index in [0.717, 1.165) is 11.1 Å². The number of nitrogens with zero attached hydrogens (tertiary/aromatic N) is 3. The number of hydrogen-bond acceptors (Lipinski definition) is 8. The number of rotatable bonds is 5. The molecule has 2 aliphatic heterocycles. The molecule has 45 heavy (non-hydrogen) atoms. The number of nitrogens with one attached hydrogen (secondary N) is 1. The molecule has 2 amide bonds. The molecule has 240 valence electrons. The average Bonchev–Trinajstić information content (AvgIpc) is 3.73. The maximum atomic E-state index is 13.6. The number of nitrogens with two attached hydrogens (primary N) is 1. The molecule has 0 bridgehead atoms. The summed E-state index contributed by atoms with van der Waals surface area (Å²) in [5.41, 5.74) is 6.84. The van der Waals surface area contributed by atoms with Gasteiger partial charge in [0.05, 0.1) is 35.7 Å². The zero-order chi connectivity index (χ0) is 33.5. The van der Waals surface area contributed by atoms with Crippen LogP contribution < -0.4 is 15.8 Å². The SMILES string of the molecule is CC1(C)CC(=O)N(C(c2ccc(C#N)cc2)[C@@H]2C[C@H]2C(=O)N[C@@H]2c3ccccc3OC(C)(C)[C@H]2O)C(N)=N1.O=C(O)C(F)(F)F. The van der Waals surface area contributed by atoms with Gasteiger partial charge >= 0.3 is 12.1 Å². The molecule has 11 nitrogen and oxygen atoms in total. The highest BCUT2D eigenvalue weighted by Gasteiger charge is 2.54. The Bertz CT molecular complexity index is 1550. The minimum atomic E-state index is -5.08. The first-order chi connectivity index (χ1) is 20.9. The van der Waals surface area contributed by atoms with Gasteiger partial charge in [0.1, 0.15) is 17.5 Å². The van der Waals surface area contributed by atoms with Gasteiger partial charge in [-0.25, -0.2) is 9.79 Å². The number of carboxylic acids is 1. The number of aliphatic hydroxyl groups excluding tert-OH is 1. The second-order valence-corrected chi connectivity index (χ2v) is 12.4. The summed E-state index contributed by atoms with van der Waals surface area (Å²) in [6.45, 7) is 7.30. The molecule has 5 atom stereocenters. The second-order valence-electron chi connectivity index (χ2n) is 12.4. The van der Waals surface area contributed by atoms with Crippen molar-refractivity contribution in [2.75, 3.05) is 0 Å². The van der Waals surface area contributed by atoms with Crippen molar-refractivity contribution in [2.24, 2.45) is 22.6 Å². The van der Waals surface area contributed by atoms with Gasteiger partial charge in [0.2, 0.25) is 11.8 Å². The van der Waals surface area contributed by atoms with Crippen molar-refractivity contribution in [3.63, 3.8) is 0 Å². The molecule has 1 unspecified atom stereocenters. The summed E-state index contributed by atoms with van der Waals surface area (Å²) in [6.07, 6.45) is -5.30. The number of aliphatic imine (C=N–C) groups is 1. The molecule has 1 saturated carbocycles. The van der Waals surface area contributed by atoms with Gasteiger partial charge in [0.15, 0.2) is 5.96 Å². The predicted octanol–water partition coefficient (Wildman–Crippen LogP) is 3.58. The number of ether oxygens (including phenoxy) is 1. The van der Waals surface area contributed by atoms with Crippen LogP contribution in [0.4, 0.5) is 13.2 Å². The molecule has 2 heterocycles.